The summed E-state index contributed by atoms with van der Waals surface area (Å²) < 4.78 is 1.67. The number of likely N-dealkylation sites (tertiary alicyclic amines) is 1. The molecular weight excluding hydrogens is 314 g/mol. The highest BCUT2D eigenvalue weighted by atomic mass is 16.2. The fourth-order valence-electron chi connectivity index (χ4n) is 4.53. The molecule has 0 bridgehead atoms. The van der Waals surface area contributed by atoms with Crippen molar-refractivity contribution in [1.29, 1.82) is 0 Å². The van der Waals surface area contributed by atoms with Gasteiger partial charge >= 0.3 is 0 Å². The van der Waals surface area contributed by atoms with Crippen molar-refractivity contribution in [2.45, 2.75) is 44.2 Å². The van der Waals surface area contributed by atoms with Crippen molar-refractivity contribution in [2.24, 2.45) is 5.92 Å². The van der Waals surface area contributed by atoms with Gasteiger partial charge in [-0.3, -0.25) is 14.6 Å². The van der Waals surface area contributed by atoms with Crippen LogP contribution < -0.4 is 5.56 Å². The van der Waals surface area contributed by atoms with E-state index < -0.39 is 0 Å². The number of pyridine rings is 2. The molecule has 5 heteroatoms. The zero-order valence-corrected chi connectivity index (χ0v) is 14.3. The van der Waals surface area contributed by atoms with Crippen LogP contribution >= 0.6 is 0 Å². The molecule has 5 nitrogen and oxygen atoms in total. The van der Waals surface area contributed by atoms with E-state index in [1.807, 2.05) is 18.3 Å². The molecule has 0 aromatic carbocycles. The minimum Gasteiger partial charge on any atom is -0.333 e. The molecule has 0 spiro atoms. The topological polar surface area (TPSA) is 55.2 Å². The van der Waals surface area contributed by atoms with E-state index in [9.17, 15) is 9.59 Å². The van der Waals surface area contributed by atoms with Gasteiger partial charge in [0.15, 0.2) is 0 Å². The average Bonchev–Trinajstić information content (AvgIpc) is 2.88. The van der Waals surface area contributed by atoms with Crippen LogP contribution in [-0.2, 0) is 16.9 Å². The summed E-state index contributed by atoms with van der Waals surface area (Å²) >= 11 is 0. The van der Waals surface area contributed by atoms with E-state index in [1.54, 1.807) is 29.1 Å². The van der Waals surface area contributed by atoms with Crippen molar-refractivity contribution >= 4 is 5.91 Å². The Labute approximate surface area is 147 Å². The largest absolute Gasteiger partial charge is 0.333 e. The van der Waals surface area contributed by atoms with Gasteiger partial charge in [0.2, 0.25) is 11.5 Å². The maximum Gasteiger partial charge on any atom is 0.250 e. The highest BCUT2D eigenvalue weighted by Gasteiger charge is 2.57. The van der Waals surface area contributed by atoms with Gasteiger partial charge in [-0.15, -0.1) is 0 Å². The molecule has 1 saturated carbocycles. The third-order valence-electron chi connectivity index (χ3n) is 5.88. The van der Waals surface area contributed by atoms with Gasteiger partial charge in [-0.25, -0.2) is 0 Å². The number of hydrogen-bond donors (Lipinski definition) is 0. The van der Waals surface area contributed by atoms with Crippen LogP contribution in [0, 0.1) is 5.92 Å². The molecule has 2 aromatic heterocycles. The molecule has 2 aromatic rings. The first-order valence-corrected chi connectivity index (χ1v) is 9.08. The number of aromatic nitrogens is 2. The third-order valence-corrected chi connectivity index (χ3v) is 5.88. The lowest BCUT2D eigenvalue weighted by molar-refractivity contribution is -0.140. The Balaban J connectivity index is 1.45. The number of aryl methyl sites for hydroxylation is 1. The first-order chi connectivity index (χ1) is 12.2. The number of fused-ring (bicyclic) bond motifs is 1. The van der Waals surface area contributed by atoms with Crippen LogP contribution in [0.1, 0.15) is 37.7 Å². The van der Waals surface area contributed by atoms with Crippen LogP contribution in [0.15, 0.2) is 53.7 Å². The SMILES string of the molecule is O=C(CCCn1ccccc1=O)N1CC[C@@H]2CC[C@@]21c1cccnc1. The summed E-state index contributed by atoms with van der Waals surface area (Å²) in [7, 11) is 0. The first kappa shape index (κ1) is 16.1. The summed E-state index contributed by atoms with van der Waals surface area (Å²) in [5.74, 6) is 0.771. The maximum absolute atomic E-state index is 12.9. The number of hydrogen-bond acceptors (Lipinski definition) is 3. The number of nitrogens with zero attached hydrogens (tertiary/aromatic N) is 3. The third kappa shape index (κ3) is 2.68. The second-order valence-corrected chi connectivity index (χ2v) is 7.07. The Kier molecular flexibility index (Phi) is 4.15. The first-order valence-electron chi connectivity index (χ1n) is 9.08. The standard InChI is InChI=1S/C20H23N3O2/c24-18-6-1-2-12-22(18)13-4-7-19(25)23-14-9-16-8-10-20(16,23)17-5-3-11-21-15-17/h1-3,5-6,11-12,15-16H,4,7-10,13-14H2/t16-,20-/m0/s1. The van der Waals surface area contributed by atoms with Gasteiger partial charge in [0.25, 0.3) is 0 Å². The molecular formula is C20H23N3O2. The Bertz CT molecular complexity index is 817. The van der Waals surface area contributed by atoms with Crippen molar-refractivity contribution in [1.82, 2.24) is 14.5 Å². The van der Waals surface area contributed by atoms with Crippen molar-refractivity contribution in [2.75, 3.05) is 6.54 Å². The summed E-state index contributed by atoms with van der Waals surface area (Å²) in [5, 5.41) is 0. The molecule has 130 valence electrons. The molecule has 0 unspecified atom stereocenters. The summed E-state index contributed by atoms with van der Waals surface area (Å²) in [6, 6.07) is 9.21. The van der Waals surface area contributed by atoms with E-state index in [2.05, 4.69) is 16.0 Å². The van der Waals surface area contributed by atoms with Gasteiger partial charge in [0.05, 0.1) is 5.54 Å². The zero-order valence-electron chi connectivity index (χ0n) is 14.3. The van der Waals surface area contributed by atoms with Gasteiger partial charge in [0.1, 0.15) is 0 Å². The molecule has 1 aliphatic heterocycles. The lowest BCUT2D eigenvalue weighted by atomic mass is 9.64. The van der Waals surface area contributed by atoms with Gasteiger partial charge in [-0.2, -0.15) is 0 Å². The van der Waals surface area contributed by atoms with Crippen molar-refractivity contribution in [3.63, 3.8) is 0 Å². The molecule has 3 heterocycles. The van der Waals surface area contributed by atoms with Crippen LogP contribution in [-0.4, -0.2) is 26.9 Å². The van der Waals surface area contributed by atoms with E-state index in [1.165, 1.54) is 12.0 Å². The summed E-state index contributed by atoms with van der Waals surface area (Å²) in [6.07, 6.45) is 9.96. The van der Waals surface area contributed by atoms with Gasteiger partial charge in [-0.05, 0) is 49.3 Å². The zero-order chi connectivity index (χ0) is 17.3. The quantitative estimate of drug-likeness (QED) is 0.842. The molecule has 4 rings (SSSR count). The van der Waals surface area contributed by atoms with Gasteiger partial charge in [-0.1, -0.05) is 12.1 Å². The summed E-state index contributed by atoms with van der Waals surface area (Å²) in [6.45, 7) is 1.42. The van der Waals surface area contributed by atoms with Crippen LogP contribution in [0.3, 0.4) is 0 Å². The van der Waals surface area contributed by atoms with Crippen molar-refractivity contribution < 1.29 is 4.79 Å². The smallest absolute Gasteiger partial charge is 0.250 e. The normalized spacial score (nSPS) is 24.6. The van der Waals surface area contributed by atoms with E-state index in [0.717, 1.165) is 19.4 Å². The molecule has 2 fully saturated rings. The molecule has 2 aliphatic rings. The van der Waals surface area contributed by atoms with Crippen LogP contribution in [0.4, 0.5) is 0 Å². The number of carbonyl (C=O) groups is 1. The summed E-state index contributed by atoms with van der Waals surface area (Å²) in [4.78, 5) is 31.0. The predicted molar refractivity (Wildman–Crippen MR) is 94.9 cm³/mol. The minimum atomic E-state index is -0.130. The van der Waals surface area contributed by atoms with E-state index in [-0.39, 0.29) is 17.0 Å². The van der Waals surface area contributed by atoms with Gasteiger partial charge < -0.3 is 9.47 Å². The van der Waals surface area contributed by atoms with Gasteiger partial charge in [0, 0.05) is 44.2 Å². The lowest BCUT2D eigenvalue weighted by Crippen LogP contribution is -2.53. The van der Waals surface area contributed by atoms with E-state index in [4.69, 9.17) is 0 Å². The van der Waals surface area contributed by atoms with Crippen molar-refractivity contribution in [3.05, 3.63) is 64.8 Å². The van der Waals surface area contributed by atoms with Crippen LogP contribution in [0.25, 0.3) is 0 Å². The molecule has 1 aliphatic carbocycles. The monoisotopic (exact) mass is 337 g/mol. The molecule has 2 atom stereocenters. The number of carbonyl (C=O) groups excluding carboxylic acids is 1. The molecule has 25 heavy (non-hydrogen) atoms. The highest BCUT2D eigenvalue weighted by Crippen LogP contribution is 2.56. The molecule has 0 N–H and O–H groups in total. The number of amides is 1. The Morgan fingerprint density at radius 2 is 2.16 bits per heavy atom. The second-order valence-electron chi connectivity index (χ2n) is 7.07. The van der Waals surface area contributed by atoms with Crippen LogP contribution in [0.2, 0.25) is 0 Å². The fraction of sp³-hybridized carbons (Fsp3) is 0.450. The van der Waals surface area contributed by atoms with E-state index in [0.29, 0.717) is 25.3 Å². The average molecular weight is 337 g/mol. The fourth-order valence-corrected chi connectivity index (χ4v) is 4.53. The highest BCUT2D eigenvalue weighted by molar-refractivity contribution is 5.78. The second kappa shape index (κ2) is 6.47. The molecule has 1 amide bonds. The van der Waals surface area contributed by atoms with E-state index >= 15 is 0 Å². The predicted octanol–water partition coefficient (Wildman–Crippen LogP) is 2.56. The summed E-state index contributed by atoms with van der Waals surface area (Å²) in [5.41, 5.74) is 1.04. The maximum atomic E-state index is 12.9. The molecule has 1 saturated heterocycles. The Hall–Kier alpha value is -2.43. The number of rotatable bonds is 5. The lowest BCUT2D eigenvalue weighted by Gasteiger charge is -2.50. The van der Waals surface area contributed by atoms with Crippen LogP contribution in [0.5, 0.6) is 0 Å². The Morgan fingerprint density at radius 1 is 1.24 bits per heavy atom. The van der Waals surface area contributed by atoms with Crippen molar-refractivity contribution in [3.8, 4) is 0 Å². The Morgan fingerprint density at radius 3 is 2.88 bits per heavy atom. The molecule has 0 radical (unpaired) electrons. The minimum absolute atomic E-state index is 0.0120.